The maximum Gasteiger partial charge on any atom is 0.303 e. The Bertz CT molecular complexity index is 524. The van der Waals surface area contributed by atoms with E-state index in [1.807, 2.05) is 6.08 Å². The van der Waals surface area contributed by atoms with Crippen LogP contribution >= 0.6 is 0 Å². The molecule has 0 bridgehead atoms. The van der Waals surface area contributed by atoms with Gasteiger partial charge in [0.1, 0.15) is 0 Å². The molecule has 2 rings (SSSR count). The Morgan fingerprint density at radius 3 is 2.81 bits per heavy atom. The highest BCUT2D eigenvalue weighted by Gasteiger charge is 2.43. The van der Waals surface area contributed by atoms with Crippen molar-refractivity contribution in [3.63, 3.8) is 0 Å². The molecule has 154 valence electrons. The zero-order chi connectivity index (χ0) is 19.8. The number of carboxylic acids is 1. The number of carboxylic acid groups (broad SMARTS) is 1. The van der Waals surface area contributed by atoms with E-state index in [1.165, 1.54) is 18.4 Å². The molecular weight excluding hydrogens is 340 g/mol. The van der Waals surface area contributed by atoms with Crippen molar-refractivity contribution in [3.8, 4) is 0 Å². The standard InChI is InChI=1S/C23H38O4/c1-3-4-7-16(2)12-19(24)10-11-20-21-14-17(8-5-6-9-23(26)27)13-18(21)15-22(20)25/h10-11,13,16,18-22,24-25H,3-9,12,14-15H2,1-2H3,(H,26,27). The predicted molar refractivity (Wildman–Crippen MR) is 108 cm³/mol. The van der Waals surface area contributed by atoms with Gasteiger partial charge in [-0.2, -0.15) is 0 Å². The molecule has 0 aromatic heterocycles. The lowest BCUT2D eigenvalue weighted by molar-refractivity contribution is -0.137. The Morgan fingerprint density at radius 1 is 1.33 bits per heavy atom. The minimum absolute atomic E-state index is 0.128. The second kappa shape index (κ2) is 11.0. The Labute approximate surface area is 164 Å². The highest BCUT2D eigenvalue weighted by atomic mass is 16.4. The molecule has 6 unspecified atom stereocenters. The number of hydrogen-bond donors (Lipinski definition) is 3. The molecule has 1 saturated carbocycles. The first-order valence-electron chi connectivity index (χ1n) is 10.9. The number of fused-ring (bicyclic) bond motifs is 1. The number of rotatable bonds is 12. The Hall–Kier alpha value is -1.13. The van der Waals surface area contributed by atoms with Gasteiger partial charge >= 0.3 is 5.97 Å². The molecular formula is C23H38O4. The number of carbonyl (C=O) groups is 1. The predicted octanol–water partition coefficient (Wildman–Crippen LogP) is 4.71. The van der Waals surface area contributed by atoms with Crippen LogP contribution in [0.3, 0.4) is 0 Å². The monoisotopic (exact) mass is 378 g/mol. The van der Waals surface area contributed by atoms with Crippen LogP contribution in [0.25, 0.3) is 0 Å². The maximum absolute atomic E-state index is 10.6. The van der Waals surface area contributed by atoms with Gasteiger partial charge in [0, 0.05) is 12.3 Å². The minimum Gasteiger partial charge on any atom is -0.481 e. The summed E-state index contributed by atoms with van der Waals surface area (Å²) in [4.78, 5) is 10.6. The smallest absolute Gasteiger partial charge is 0.303 e. The van der Waals surface area contributed by atoms with E-state index < -0.39 is 12.1 Å². The van der Waals surface area contributed by atoms with Gasteiger partial charge in [-0.05, 0) is 56.3 Å². The number of aliphatic hydroxyl groups is 2. The minimum atomic E-state index is -0.719. The van der Waals surface area contributed by atoms with Gasteiger partial charge in [-0.25, -0.2) is 0 Å². The van der Waals surface area contributed by atoms with Gasteiger partial charge in [0.25, 0.3) is 0 Å². The molecule has 27 heavy (non-hydrogen) atoms. The summed E-state index contributed by atoms with van der Waals surface area (Å²) < 4.78 is 0. The average molecular weight is 379 g/mol. The van der Waals surface area contributed by atoms with Crippen molar-refractivity contribution in [2.45, 2.75) is 90.3 Å². The van der Waals surface area contributed by atoms with Gasteiger partial charge in [0.2, 0.25) is 0 Å². The second-order valence-electron chi connectivity index (χ2n) is 8.77. The van der Waals surface area contributed by atoms with Gasteiger partial charge in [-0.1, -0.05) is 56.9 Å². The van der Waals surface area contributed by atoms with Crippen molar-refractivity contribution in [1.82, 2.24) is 0 Å². The number of hydrogen-bond acceptors (Lipinski definition) is 3. The van der Waals surface area contributed by atoms with Crippen molar-refractivity contribution in [3.05, 3.63) is 23.8 Å². The average Bonchev–Trinajstić information content (AvgIpc) is 3.11. The molecule has 0 heterocycles. The van der Waals surface area contributed by atoms with Gasteiger partial charge in [-0.15, -0.1) is 0 Å². The van der Waals surface area contributed by atoms with Crippen LogP contribution in [0.15, 0.2) is 23.8 Å². The molecule has 4 nitrogen and oxygen atoms in total. The fourth-order valence-electron chi connectivity index (χ4n) is 4.84. The fraction of sp³-hybridized carbons (Fsp3) is 0.783. The van der Waals surface area contributed by atoms with E-state index in [0.29, 0.717) is 17.8 Å². The van der Waals surface area contributed by atoms with E-state index >= 15 is 0 Å². The zero-order valence-corrected chi connectivity index (χ0v) is 17.0. The third kappa shape index (κ3) is 7.08. The van der Waals surface area contributed by atoms with Crippen LogP contribution in [0.5, 0.6) is 0 Å². The molecule has 2 aliphatic rings. The molecule has 6 atom stereocenters. The van der Waals surface area contributed by atoms with Crippen molar-refractivity contribution < 1.29 is 20.1 Å². The fourth-order valence-corrected chi connectivity index (χ4v) is 4.84. The lowest BCUT2D eigenvalue weighted by Crippen LogP contribution is -2.18. The van der Waals surface area contributed by atoms with Crippen LogP contribution in [-0.4, -0.2) is 33.5 Å². The topological polar surface area (TPSA) is 77.8 Å². The largest absolute Gasteiger partial charge is 0.481 e. The summed E-state index contributed by atoms with van der Waals surface area (Å²) in [5.41, 5.74) is 1.43. The maximum atomic E-state index is 10.6. The van der Waals surface area contributed by atoms with E-state index in [0.717, 1.165) is 44.9 Å². The molecule has 0 spiro atoms. The first-order valence-corrected chi connectivity index (χ1v) is 10.9. The first-order chi connectivity index (χ1) is 12.9. The van der Waals surface area contributed by atoms with Crippen LogP contribution in [0.4, 0.5) is 0 Å². The molecule has 2 aliphatic carbocycles. The summed E-state index contributed by atoms with van der Waals surface area (Å²) >= 11 is 0. The molecule has 4 heteroatoms. The summed E-state index contributed by atoms with van der Waals surface area (Å²) in [6.45, 7) is 4.39. The van der Waals surface area contributed by atoms with E-state index in [9.17, 15) is 15.0 Å². The molecule has 3 N–H and O–H groups in total. The van der Waals surface area contributed by atoms with Crippen molar-refractivity contribution in [2.24, 2.45) is 23.7 Å². The normalized spacial score (nSPS) is 29.7. The Kier molecular flexibility index (Phi) is 9.04. The zero-order valence-electron chi connectivity index (χ0n) is 17.0. The quantitative estimate of drug-likeness (QED) is 0.339. The summed E-state index contributed by atoms with van der Waals surface area (Å²) in [5, 5.41) is 29.5. The summed E-state index contributed by atoms with van der Waals surface area (Å²) in [5.74, 6) is 0.808. The Morgan fingerprint density at radius 2 is 2.11 bits per heavy atom. The van der Waals surface area contributed by atoms with E-state index in [2.05, 4.69) is 26.0 Å². The lowest BCUT2D eigenvalue weighted by Gasteiger charge is -2.19. The lowest BCUT2D eigenvalue weighted by atomic mass is 9.88. The highest BCUT2D eigenvalue weighted by molar-refractivity contribution is 5.66. The van der Waals surface area contributed by atoms with Gasteiger partial charge in [-0.3, -0.25) is 4.79 Å². The number of aliphatic hydroxyl groups excluding tert-OH is 2. The van der Waals surface area contributed by atoms with Gasteiger partial charge < -0.3 is 15.3 Å². The molecule has 1 fully saturated rings. The Balaban J connectivity index is 1.79. The molecule has 0 amide bonds. The summed E-state index contributed by atoms with van der Waals surface area (Å²) in [6.07, 6.45) is 14.6. The third-order valence-corrected chi connectivity index (χ3v) is 6.34. The third-order valence-electron chi connectivity index (χ3n) is 6.34. The van der Waals surface area contributed by atoms with Crippen molar-refractivity contribution in [1.29, 1.82) is 0 Å². The van der Waals surface area contributed by atoms with E-state index in [4.69, 9.17) is 5.11 Å². The van der Waals surface area contributed by atoms with Crippen LogP contribution < -0.4 is 0 Å². The summed E-state index contributed by atoms with van der Waals surface area (Å²) in [7, 11) is 0. The van der Waals surface area contributed by atoms with Crippen LogP contribution in [0.2, 0.25) is 0 Å². The van der Waals surface area contributed by atoms with Crippen molar-refractivity contribution in [2.75, 3.05) is 0 Å². The molecule has 0 aliphatic heterocycles. The van der Waals surface area contributed by atoms with Crippen LogP contribution in [-0.2, 0) is 4.79 Å². The highest BCUT2D eigenvalue weighted by Crippen LogP contribution is 2.48. The van der Waals surface area contributed by atoms with Gasteiger partial charge in [0.15, 0.2) is 0 Å². The van der Waals surface area contributed by atoms with E-state index in [1.54, 1.807) is 0 Å². The van der Waals surface area contributed by atoms with Crippen molar-refractivity contribution >= 4 is 5.97 Å². The number of unbranched alkanes of at least 4 members (excludes halogenated alkanes) is 2. The number of aliphatic carboxylic acids is 1. The molecule has 0 aromatic rings. The first kappa shape index (κ1) is 22.2. The molecule has 0 radical (unpaired) electrons. The van der Waals surface area contributed by atoms with E-state index in [-0.39, 0.29) is 18.4 Å². The van der Waals surface area contributed by atoms with Gasteiger partial charge in [0.05, 0.1) is 12.2 Å². The van der Waals surface area contributed by atoms with Crippen LogP contribution in [0.1, 0.15) is 78.1 Å². The number of allylic oxidation sites excluding steroid dienone is 2. The second-order valence-corrected chi connectivity index (χ2v) is 8.77. The molecule has 0 saturated heterocycles. The molecule has 0 aromatic carbocycles. The van der Waals surface area contributed by atoms with Crippen LogP contribution in [0, 0.1) is 23.7 Å². The summed E-state index contributed by atoms with van der Waals surface area (Å²) in [6, 6.07) is 0. The SMILES string of the molecule is CCCCC(C)CC(O)C=CC1C(O)CC2C=C(CCCCC(=O)O)CC21.